The minimum atomic E-state index is -1.35. The Morgan fingerprint density at radius 1 is 1.65 bits per heavy atom. The second kappa shape index (κ2) is 4.96. The molecule has 0 aromatic carbocycles. The lowest BCUT2D eigenvalue weighted by atomic mass is 10.1. The molecule has 1 fully saturated rings. The molecule has 94 valence electrons. The zero-order valence-corrected chi connectivity index (χ0v) is 9.36. The molecule has 0 radical (unpaired) electrons. The third-order valence-electron chi connectivity index (χ3n) is 2.49. The van der Waals surface area contributed by atoms with Crippen LogP contribution in [0.3, 0.4) is 0 Å². The maximum absolute atomic E-state index is 11.7. The van der Waals surface area contributed by atoms with Crippen molar-refractivity contribution in [3.05, 3.63) is 12.2 Å². The highest BCUT2D eigenvalue weighted by Crippen LogP contribution is 2.12. The molecule has 3 atom stereocenters. The predicted molar refractivity (Wildman–Crippen MR) is 59.7 cm³/mol. The first-order valence-corrected chi connectivity index (χ1v) is 5.07. The molecule has 0 saturated carbocycles. The second-order valence-electron chi connectivity index (χ2n) is 3.94. The predicted octanol–water partition coefficient (Wildman–Crippen LogP) is -1.17. The fourth-order valence-corrected chi connectivity index (χ4v) is 1.48. The lowest BCUT2D eigenvalue weighted by molar-refractivity contribution is -0.145. The monoisotopic (exact) mass is 241 g/mol. The van der Waals surface area contributed by atoms with Crippen molar-refractivity contribution >= 4 is 17.7 Å². The molecule has 0 spiro atoms. The lowest BCUT2D eigenvalue weighted by Crippen LogP contribution is -2.52. The van der Waals surface area contributed by atoms with Gasteiger partial charge in [0.25, 0.3) is 0 Å². The van der Waals surface area contributed by atoms with Crippen molar-refractivity contribution in [2.75, 3.05) is 0 Å². The van der Waals surface area contributed by atoms with Crippen LogP contribution < -0.4 is 10.6 Å². The number of hydrogen-bond acceptors (Lipinski definition) is 4. The van der Waals surface area contributed by atoms with Gasteiger partial charge < -0.3 is 20.8 Å². The van der Waals surface area contributed by atoms with Crippen LogP contribution in [0.2, 0.25) is 0 Å². The van der Waals surface area contributed by atoms with Gasteiger partial charge in [-0.15, -0.1) is 0 Å². The number of hydrogen-bond donors (Lipinski definition) is 5. The molecule has 0 bridgehead atoms. The minimum Gasteiger partial charge on any atom is -0.480 e. The summed E-state index contributed by atoms with van der Waals surface area (Å²) in [4.78, 5) is 22.4. The van der Waals surface area contributed by atoms with E-state index in [9.17, 15) is 14.7 Å². The summed E-state index contributed by atoms with van der Waals surface area (Å²) in [5.74, 6) is -1.80. The molecular formula is C10H15N3O4. The molecule has 0 aliphatic carbocycles. The van der Waals surface area contributed by atoms with Gasteiger partial charge in [0, 0.05) is 6.42 Å². The lowest BCUT2D eigenvalue weighted by Gasteiger charge is -2.19. The van der Waals surface area contributed by atoms with Crippen molar-refractivity contribution in [2.45, 2.75) is 31.5 Å². The van der Waals surface area contributed by atoms with Gasteiger partial charge in [-0.1, -0.05) is 6.58 Å². The molecule has 5 N–H and O–H groups in total. The van der Waals surface area contributed by atoms with Crippen LogP contribution in [0.5, 0.6) is 0 Å². The van der Waals surface area contributed by atoms with Crippen LogP contribution in [0, 0.1) is 5.41 Å². The summed E-state index contributed by atoms with van der Waals surface area (Å²) in [5.41, 5.74) is 0.495. The van der Waals surface area contributed by atoms with E-state index in [-0.39, 0.29) is 12.3 Å². The van der Waals surface area contributed by atoms with E-state index in [4.69, 9.17) is 10.5 Å². The molecule has 1 amide bonds. The Labute approximate surface area is 98.0 Å². The largest absolute Gasteiger partial charge is 0.480 e. The first-order valence-electron chi connectivity index (χ1n) is 5.07. The molecule has 1 aliphatic heterocycles. The molecule has 17 heavy (non-hydrogen) atoms. The van der Waals surface area contributed by atoms with Crippen LogP contribution in [0.25, 0.3) is 0 Å². The van der Waals surface area contributed by atoms with Gasteiger partial charge in [0.15, 0.2) is 6.04 Å². The number of carboxylic acid groups (broad SMARTS) is 1. The molecule has 1 heterocycles. The van der Waals surface area contributed by atoms with Gasteiger partial charge >= 0.3 is 5.97 Å². The molecule has 0 aromatic heterocycles. The van der Waals surface area contributed by atoms with Gasteiger partial charge in [-0.25, -0.2) is 4.79 Å². The highest BCUT2D eigenvalue weighted by atomic mass is 16.4. The van der Waals surface area contributed by atoms with Crippen molar-refractivity contribution in [1.82, 2.24) is 10.6 Å². The number of aliphatic hydroxyl groups excluding tert-OH is 1. The number of amidine groups is 1. The number of carboxylic acids is 1. The fourth-order valence-electron chi connectivity index (χ4n) is 1.48. The van der Waals surface area contributed by atoms with E-state index < -0.39 is 30.1 Å². The number of nitrogens with one attached hydrogen (secondary N) is 3. The molecular weight excluding hydrogens is 226 g/mol. The van der Waals surface area contributed by atoms with Gasteiger partial charge in [0.2, 0.25) is 5.91 Å². The van der Waals surface area contributed by atoms with E-state index in [2.05, 4.69) is 17.2 Å². The Bertz CT molecular complexity index is 362. The van der Waals surface area contributed by atoms with Crippen LogP contribution >= 0.6 is 0 Å². The Morgan fingerprint density at radius 3 is 2.59 bits per heavy atom. The van der Waals surface area contributed by atoms with Crippen molar-refractivity contribution in [1.29, 1.82) is 5.41 Å². The van der Waals surface area contributed by atoms with Gasteiger partial charge in [-0.05, 0) is 12.5 Å². The van der Waals surface area contributed by atoms with E-state index >= 15 is 0 Å². The van der Waals surface area contributed by atoms with E-state index in [1.54, 1.807) is 0 Å². The Balaban J connectivity index is 2.63. The molecule has 7 nitrogen and oxygen atoms in total. The molecule has 1 aliphatic rings. The van der Waals surface area contributed by atoms with Gasteiger partial charge in [-0.3, -0.25) is 10.2 Å². The summed E-state index contributed by atoms with van der Waals surface area (Å²) in [6.07, 6.45) is -0.933. The number of aliphatic carboxylic acids is 1. The minimum absolute atomic E-state index is 0.0778. The summed E-state index contributed by atoms with van der Waals surface area (Å²) >= 11 is 0. The van der Waals surface area contributed by atoms with E-state index in [0.717, 1.165) is 0 Å². The Morgan fingerprint density at radius 2 is 2.24 bits per heavy atom. The molecule has 3 unspecified atom stereocenters. The van der Waals surface area contributed by atoms with Crippen molar-refractivity contribution in [3.63, 3.8) is 0 Å². The summed E-state index contributed by atoms with van der Waals surface area (Å²) in [6.45, 7) is 4.86. The third kappa shape index (κ3) is 3.04. The maximum atomic E-state index is 11.7. The van der Waals surface area contributed by atoms with Crippen LogP contribution in [0.1, 0.15) is 13.3 Å². The first-order chi connectivity index (χ1) is 7.82. The second-order valence-corrected chi connectivity index (χ2v) is 3.94. The summed E-state index contributed by atoms with van der Waals surface area (Å²) < 4.78 is 0. The standard InChI is InChI=1S/C10H15N3O4/c1-4-3-6(12-8(4)11)9(15)13-7(5(2)14)10(16)17/h5-7,14H,1,3H2,2H3,(H2,11,12)(H,13,15)(H,16,17). The number of carbonyl (C=O) groups excluding carboxylic acids is 1. The zero-order valence-electron chi connectivity index (χ0n) is 9.36. The third-order valence-corrected chi connectivity index (χ3v) is 2.49. The Kier molecular flexibility index (Phi) is 3.84. The van der Waals surface area contributed by atoms with Crippen molar-refractivity contribution in [2.24, 2.45) is 0 Å². The SMILES string of the molecule is C=C1CC(C(=O)NC(C(=O)O)C(C)O)NC1=N. The first kappa shape index (κ1) is 13.2. The Hall–Kier alpha value is -1.89. The number of rotatable bonds is 4. The quantitative estimate of drug-likeness (QED) is 0.424. The molecule has 0 aromatic rings. The van der Waals surface area contributed by atoms with Crippen molar-refractivity contribution < 1.29 is 19.8 Å². The zero-order chi connectivity index (χ0) is 13.2. The normalized spacial score (nSPS) is 22.8. The molecule has 1 rings (SSSR count). The van der Waals surface area contributed by atoms with Crippen molar-refractivity contribution in [3.8, 4) is 0 Å². The average Bonchev–Trinajstić information content (AvgIpc) is 2.54. The topological polar surface area (TPSA) is 123 Å². The smallest absolute Gasteiger partial charge is 0.328 e. The molecule has 7 heteroatoms. The summed E-state index contributed by atoms with van der Waals surface area (Å²) in [6, 6.07) is -2.05. The highest BCUT2D eigenvalue weighted by molar-refractivity contribution is 6.03. The van der Waals surface area contributed by atoms with E-state index in [1.165, 1.54) is 6.92 Å². The van der Waals surface area contributed by atoms with Crippen LogP contribution in [-0.4, -0.2) is 46.1 Å². The van der Waals surface area contributed by atoms with Crippen LogP contribution in [0.4, 0.5) is 0 Å². The van der Waals surface area contributed by atoms with Gasteiger partial charge in [0.1, 0.15) is 11.9 Å². The summed E-state index contributed by atoms with van der Waals surface area (Å²) in [7, 11) is 0. The van der Waals surface area contributed by atoms with Crippen LogP contribution in [0.15, 0.2) is 12.2 Å². The number of carbonyl (C=O) groups is 2. The van der Waals surface area contributed by atoms with Gasteiger partial charge in [-0.2, -0.15) is 0 Å². The van der Waals surface area contributed by atoms with Crippen LogP contribution in [-0.2, 0) is 9.59 Å². The number of amides is 1. The van der Waals surface area contributed by atoms with E-state index in [1.807, 2.05) is 0 Å². The fraction of sp³-hybridized carbons (Fsp3) is 0.500. The summed E-state index contributed by atoms with van der Waals surface area (Å²) in [5, 5.41) is 30.2. The maximum Gasteiger partial charge on any atom is 0.328 e. The highest BCUT2D eigenvalue weighted by Gasteiger charge is 2.32. The molecule has 1 saturated heterocycles. The average molecular weight is 241 g/mol. The van der Waals surface area contributed by atoms with E-state index in [0.29, 0.717) is 5.57 Å². The van der Waals surface area contributed by atoms with Gasteiger partial charge in [0.05, 0.1) is 6.10 Å². The number of aliphatic hydroxyl groups is 1.